The van der Waals surface area contributed by atoms with E-state index in [2.05, 4.69) is 12.2 Å². The van der Waals surface area contributed by atoms with Crippen molar-refractivity contribution in [3.05, 3.63) is 18.2 Å². The highest BCUT2D eigenvalue weighted by atomic mass is 16.7. The first-order chi connectivity index (χ1) is 11.7. The van der Waals surface area contributed by atoms with E-state index in [4.69, 9.17) is 9.47 Å². The van der Waals surface area contributed by atoms with Gasteiger partial charge in [-0.1, -0.05) is 13.3 Å². The van der Waals surface area contributed by atoms with Crippen molar-refractivity contribution in [2.45, 2.75) is 39.0 Å². The van der Waals surface area contributed by atoms with Crippen molar-refractivity contribution in [1.29, 1.82) is 0 Å². The highest BCUT2D eigenvalue weighted by Crippen LogP contribution is 2.34. The molecule has 0 unspecified atom stereocenters. The second-order valence-corrected chi connectivity index (χ2v) is 6.32. The molecule has 6 heteroatoms. The topological polar surface area (TPSA) is 67.9 Å². The Morgan fingerprint density at radius 3 is 2.71 bits per heavy atom. The number of benzene rings is 1. The number of nitrogens with zero attached hydrogens (tertiary/aromatic N) is 1. The van der Waals surface area contributed by atoms with E-state index in [1.54, 1.807) is 12.1 Å². The van der Waals surface area contributed by atoms with Crippen LogP contribution in [0.2, 0.25) is 0 Å². The van der Waals surface area contributed by atoms with E-state index >= 15 is 0 Å². The Balaban J connectivity index is 1.49. The van der Waals surface area contributed by atoms with Gasteiger partial charge >= 0.3 is 0 Å². The number of anilines is 1. The lowest BCUT2D eigenvalue weighted by atomic mass is 9.95. The number of amides is 2. The van der Waals surface area contributed by atoms with Crippen LogP contribution in [0.3, 0.4) is 0 Å². The first-order valence-corrected chi connectivity index (χ1v) is 8.65. The number of carbonyl (C=O) groups is 2. The maximum absolute atomic E-state index is 12.4. The van der Waals surface area contributed by atoms with Gasteiger partial charge < -0.3 is 19.7 Å². The van der Waals surface area contributed by atoms with E-state index in [1.807, 2.05) is 11.0 Å². The van der Waals surface area contributed by atoms with Crippen molar-refractivity contribution in [2.24, 2.45) is 5.92 Å². The van der Waals surface area contributed by atoms with Gasteiger partial charge in [-0.2, -0.15) is 0 Å². The van der Waals surface area contributed by atoms with Gasteiger partial charge in [0.15, 0.2) is 11.5 Å². The molecule has 1 saturated heterocycles. The van der Waals surface area contributed by atoms with E-state index < -0.39 is 0 Å². The summed E-state index contributed by atoms with van der Waals surface area (Å²) >= 11 is 0. The predicted molar refractivity (Wildman–Crippen MR) is 90.0 cm³/mol. The lowest BCUT2D eigenvalue weighted by Gasteiger charge is -2.31. The number of ether oxygens (including phenoxy) is 2. The molecule has 1 N–H and O–H groups in total. The number of piperidine rings is 1. The monoisotopic (exact) mass is 332 g/mol. The molecule has 0 atom stereocenters. The Labute approximate surface area is 142 Å². The van der Waals surface area contributed by atoms with Crippen molar-refractivity contribution in [3.8, 4) is 11.5 Å². The van der Waals surface area contributed by atoms with Crippen molar-refractivity contribution in [2.75, 3.05) is 25.2 Å². The summed E-state index contributed by atoms with van der Waals surface area (Å²) < 4.78 is 10.6. The molecule has 1 aromatic rings. The number of hydrogen-bond acceptors (Lipinski definition) is 4. The molecule has 0 bridgehead atoms. The molecule has 24 heavy (non-hydrogen) atoms. The van der Waals surface area contributed by atoms with Crippen LogP contribution >= 0.6 is 0 Å². The van der Waals surface area contributed by atoms with Crippen LogP contribution in [0.4, 0.5) is 5.69 Å². The fourth-order valence-electron chi connectivity index (χ4n) is 3.10. The van der Waals surface area contributed by atoms with Crippen LogP contribution < -0.4 is 14.8 Å². The van der Waals surface area contributed by atoms with E-state index in [-0.39, 0.29) is 24.5 Å². The third kappa shape index (κ3) is 3.80. The summed E-state index contributed by atoms with van der Waals surface area (Å²) in [4.78, 5) is 26.4. The largest absolute Gasteiger partial charge is 0.454 e. The predicted octanol–water partition coefficient (Wildman–Crippen LogP) is 2.78. The SMILES string of the molecule is CCCCC(=O)N1CCC(C(=O)Nc2ccc3c(c2)OCO3)CC1. The molecular formula is C18H24N2O4. The molecule has 0 aliphatic carbocycles. The fourth-order valence-corrected chi connectivity index (χ4v) is 3.10. The zero-order valence-electron chi connectivity index (χ0n) is 14.0. The van der Waals surface area contributed by atoms with Crippen LogP contribution in [-0.4, -0.2) is 36.6 Å². The first-order valence-electron chi connectivity index (χ1n) is 8.65. The minimum absolute atomic E-state index is 0.00882. The van der Waals surface area contributed by atoms with Gasteiger partial charge in [0.1, 0.15) is 0 Å². The van der Waals surface area contributed by atoms with E-state index in [1.165, 1.54) is 0 Å². The van der Waals surface area contributed by atoms with Crippen LogP contribution in [0, 0.1) is 5.92 Å². The summed E-state index contributed by atoms with van der Waals surface area (Å²) in [6, 6.07) is 5.39. The van der Waals surface area contributed by atoms with Gasteiger partial charge in [0.2, 0.25) is 18.6 Å². The third-order valence-electron chi connectivity index (χ3n) is 4.60. The number of likely N-dealkylation sites (tertiary alicyclic amines) is 1. The Morgan fingerprint density at radius 2 is 1.96 bits per heavy atom. The van der Waals surface area contributed by atoms with Crippen LogP contribution in [0.5, 0.6) is 11.5 Å². The molecule has 3 rings (SSSR count). The van der Waals surface area contributed by atoms with Gasteiger partial charge in [-0.05, 0) is 31.4 Å². The number of hydrogen-bond donors (Lipinski definition) is 1. The summed E-state index contributed by atoms with van der Waals surface area (Å²) in [5, 5.41) is 2.94. The van der Waals surface area contributed by atoms with Crippen LogP contribution in [0.1, 0.15) is 39.0 Å². The smallest absolute Gasteiger partial charge is 0.231 e. The minimum Gasteiger partial charge on any atom is -0.454 e. The average Bonchev–Trinajstić information content (AvgIpc) is 3.07. The van der Waals surface area contributed by atoms with E-state index in [0.717, 1.165) is 12.8 Å². The van der Waals surface area contributed by atoms with E-state index in [0.29, 0.717) is 49.5 Å². The van der Waals surface area contributed by atoms with Crippen LogP contribution in [0.25, 0.3) is 0 Å². The zero-order chi connectivity index (χ0) is 16.9. The average molecular weight is 332 g/mol. The molecule has 0 saturated carbocycles. The van der Waals surface area contributed by atoms with Crippen LogP contribution in [0.15, 0.2) is 18.2 Å². The van der Waals surface area contributed by atoms with E-state index in [9.17, 15) is 9.59 Å². The Kier molecular flexibility index (Phi) is 5.23. The summed E-state index contributed by atoms with van der Waals surface area (Å²) in [7, 11) is 0. The molecule has 2 heterocycles. The molecule has 0 radical (unpaired) electrons. The summed E-state index contributed by atoms with van der Waals surface area (Å²) in [6.07, 6.45) is 4.01. The Hall–Kier alpha value is -2.24. The summed E-state index contributed by atoms with van der Waals surface area (Å²) in [5.41, 5.74) is 0.714. The molecule has 2 aliphatic heterocycles. The highest BCUT2D eigenvalue weighted by Gasteiger charge is 2.27. The van der Waals surface area contributed by atoms with Crippen molar-refractivity contribution in [1.82, 2.24) is 4.90 Å². The molecule has 6 nitrogen and oxygen atoms in total. The lowest BCUT2D eigenvalue weighted by Crippen LogP contribution is -2.41. The Morgan fingerprint density at radius 1 is 1.21 bits per heavy atom. The first kappa shape index (κ1) is 16.6. The molecule has 130 valence electrons. The standard InChI is InChI=1S/C18H24N2O4/c1-2-3-4-17(21)20-9-7-13(8-10-20)18(22)19-14-5-6-15-16(11-14)24-12-23-15/h5-6,11,13H,2-4,7-10,12H2,1H3,(H,19,22). The van der Waals surface area contributed by atoms with Gasteiger partial charge in [0, 0.05) is 37.2 Å². The number of carbonyl (C=O) groups excluding carboxylic acids is 2. The van der Waals surface area contributed by atoms with Crippen molar-refractivity contribution in [3.63, 3.8) is 0 Å². The summed E-state index contributed by atoms with van der Waals surface area (Å²) in [5.74, 6) is 1.53. The molecule has 1 aromatic carbocycles. The third-order valence-corrected chi connectivity index (χ3v) is 4.60. The van der Waals surface area contributed by atoms with Gasteiger partial charge in [-0.25, -0.2) is 0 Å². The maximum atomic E-state index is 12.4. The van der Waals surface area contributed by atoms with Gasteiger partial charge in [0.05, 0.1) is 0 Å². The van der Waals surface area contributed by atoms with Crippen molar-refractivity contribution < 1.29 is 19.1 Å². The quantitative estimate of drug-likeness (QED) is 0.900. The highest BCUT2D eigenvalue weighted by molar-refractivity contribution is 5.93. The zero-order valence-corrected chi connectivity index (χ0v) is 14.0. The van der Waals surface area contributed by atoms with Gasteiger partial charge in [-0.3, -0.25) is 9.59 Å². The van der Waals surface area contributed by atoms with Crippen molar-refractivity contribution >= 4 is 17.5 Å². The molecule has 2 amide bonds. The number of fused-ring (bicyclic) bond motifs is 1. The summed E-state index contributed by atoms with van der Waals surface area (Å²) in [6.45, 7) is 3.64. The molecule has 0 aromatic heterocycles. The number of unbranched alkanes of at least 4 members (excludes halogenated alkanes) is 1. The minimum atomic E-state index is -0.0503. The normalized spacial score (nSPS) is 17.0. The maximum Gasteiger partial charge on any atom is 0.231 e. The fraction of sp³-hybridized carbons (Fsp3) is 0.556. The second kappa shape index (κ2) is 7.55. The molecule has 2 aliphatic rings. The second-order valence-electron chi connectivity index (χ2n) is 6.32. The molecule has 0 spiro atoms. The lowest BCUT2D eigenvalue weighted by molar-refractivity contribution is -0.134. The Bertz CT molecular complexity index is 609. The number of nitrogens with one attached hydrogen (secondary N) is 1. The number of rotatable bonds is 5. The molecular weight excluding hydrogens is 308 g/mol. The van der Waals surface area contributed by atoms with Gasteiger partial charge in [-0.15, -0.1) is 0 Å². The molecule has 1 fully saturated rings. The van der Waals surface area contributed by atoms with Crippen LogP contribution in [-0.2, 0) is 9.59 Å². The van der Waals surface area contributed by atoms with Gasteiger partial charge in [0.25, 0.3) is 0 Å².